The molecule has 0 bridgehead atoms. The first kappa shape index (κ1) is 20.5. The van der Waals surface area contributed by atoms with Crippen LogP contribution in [-0.4, -0.2) is 44.1 Å². The van der Waals surface area contributed by atoms with Crippen molar-refractivity contribution in [3.8, 4) is 0 Å². The minimum absolute atomic E-state index is 0.0774. The van der Waals surface area contributed by atoms with Crippen molar-refractivity contribution in [3.63, 3.8) is 0 Å². The van der Waals surface area contributed by atoms with Crippen molar-refractivity contribution in [2.45, 2.75) is 39.2 Å². The predicted octanol–water partition coefficient (Wildman–Crippen LogP) is 2.68. The van der Waals surface area contributed by atoms with Gasteiger partial charge in [0.1, 0.15) is 0 Å². The van der Waals surface area contributed by atoms with E-state index in [9.17, 15) is 13.2 Å². The largest absolute Gasteiger partial charge is 0.337 e. The van der Waals surface area contributed by atoms with Crippen LogP contribution in [0.4, 0.5) is 4.79 Å². The number of benzene rings is 1. The van der Waals surface area contributed by atoms with Crippen LogP contribution in [0.25, 0.3) is 5.57 Å². The van der Waals surface area contributed by atoms with Crippen LogP contribution < -0.4 is 10.6 Å². The molecule has 1 aromatic rings. The monoisotopic (exact) mass is 379 g/mol. The number of rotatable bonds is 7. The Bertz CT molecular complexity index is 766. The predicted molar refractivity (Wildman–Crippen MR) is 105 cm³/mol. The van der Waals surface area contributed by atoms with Crippen molar-refractivity contribution in [2.24, 2.45) is 0 Å². The van der Waals surface area contributed by atoms with Gasteiger partial charge in [-0.25, -0.2) is 17.5 Å². The van der Waals surface area contributed by atoms with Crippen LogP contribution in [0.2, 0.25) is 0 Å². The fourth-order valence-corrected chi connectivity index (χ4v) is 4.40. The van der Waals surface area contributed by atoms with Crippen LogP contribution in [-0.2, 0) is 15.6 Å². The van der Waals surface area contributed by atoms with Gasteiger partial charge in [0.2, 0.25) is 10.0 Å². The van der Waals surface area contributed by atoms with Crippen molar-refractivity contribution in [2.75, 3.05) is 25.4 Å². The highest BCUT2D eigenvalue weighted by molar-refractivity contribution is 7.89. The molecule has 1 aliphatic rings. The number of hydrogen-bond donors (Lipinski definition) is 2. The van der Waals surface area contributed by atoms with Crippen LogP contribution >= 0.6 is 0 Å². The number of carbonyl (C=O) groups excluding carboxylic acids is 1. The normalized spacial score (nSPS) is 15.7. The molecule has 2 N–H and O–H groups in total. The van der Waals surface area contributed by atoms with Gasteiger partial charge in [0.05, 0.1) is 11.3 Å². The third-order valence-electron chi connectivity index (χ3n) is 4.61. The number of hydrogen-bond acceptors (Lipinski definition) is 3. The molecule has 6 nitrogen and oxygen atoms in total. The molecular formula is C19H29N3O3S. The quantitative estimate of drug-likeness (QED) is 0.764. The summed E-state index contributed by atoms with van der Waals surface area (Å²) < 4.78 is 25.8. The highest BCUT2D eigenvalue weighted by Gasteiger charge is 2.26. The lowest BCUT2D eigenvalue weighted by Gasteiger charge is -2.27. The molecule has 1 heterocycles. The third kappa shape index (κ3) is 5.32. The Kier molecular flexibility index (Phi) is 6.47. The van der Waals surface area contributed by atoms with Crippen molar-refractivity contribution < 1.29 is 13.2 Å². The van der Waals surface area contributed by atoms with Gasteiger partial charge in [-0.15, -0.1) is 0 Å². The summed E-state index contributed by atoms with van der Waals surface area (Å²) in [4.78, 5) is 12.2. The maximum absolute atomic E-state index is 12.2. The molecule has 0 unspecified atom stereocenters. The van der Waals surface area contributed by atoms with E-state index in [1.165, 1.54) is 4.31 Å². The van der Waals surface area contributed by atoms with E-state index in [0.29, 0.717) is 13.1 Å². The van der Waals surface area contributed by atoms with Crippen LogP contribution in [0.3, 0.4) is 0 Å². The molecular weight excluding hydrogens is 350 g/mol. The molecule has 1 fully saturated rings. The summed E-state index contributed by atoms with van der Waals surface area (Å²) >= 11 is 0. The van der Waals surface area contributed by atoms with Crippen LogP contribution in [0.15, 0.2) is 30.8 Å². The van der Waals surface area contributed by atoms with E-state index in [1.807, 2.05) is 45.0 Å². The molecule has 0 atom stereocenters. The van der Waals surface area contributed by atoms with E-state index in [1.54, 1.807) is 0 Å². The first-order chi connectivity index (χ1) is 12.1. The molecule has 26 heavy (non-hydrogen) atoms. The van der Waals surface area contributed by atoms with E-state index >= 15 is 0 Å². The maximum atomic E-state index is 12.2. The summed E-state index contributed by atoms with van der Waals surface area (Å²) in [6.45, 7) is 11.0. The first-order valence-corrected chi connectivity index (χ1v) is 10.5. The molecule has 2 amide bonds. The second kappa shape index (κ2) is 8.22. The second-order valence-corrected chi connectivity index (χ2v) is 9.38. The average Bonchev–Trinajstić information content (AvgIpc) is 3.09. The number of sulfonamides is 1. The van der Waals surface area contributed by atoms with Crippen molar-refractivity contribution in [1.29, 1.82) is 0 Å². The van der Waals surface area contributed by atoms with Gasteiger partial charge in [0, 0.05) is 19.6 Å². The molecule has 7 heteroatoms. The Labute approximate surface area is 156 Å². The fraction of sp³-hybridized carbons (Fsp3) is 0.526. The Hall–Kier alpha value is -1.86. The molecule has 1 saturated heterocycles. The highest BCUT2D eigenvalue weighted by Crippen LogP contribution is 2.23. The van der Waals surface area contributed by atoms with Gasteiger partial charge in [-0.3, -0.25) is 0 Å². The molecule has 0 aromatic heterocycles. The maximum Gasteiger partial charge on any atom is 0.315 e. The molecule has 1 aliphatic heterocycles. The Morgan fingerprint density at radius 3 is 2.54 bits per heavy atom. The van der Waals surface area contributed by atoms with Gasteiger partial charge in [0.25, 0.3) is 0 Å². The zero-order chi connectivity index (χ0) is 19.4. The summed E-state index contributed by atoms with van der Waals surface area (Å²) in [5.74, 6) is -0.0774. The Morgan fingerprint density at radius 2 is 1.92 bits per heavy atom. The van der Waals surface area contributed by atoms with E-state index in [2.05, 4.69) is 17.2 Å². The average molecular weight is 380 g/mol. The van der Waals surface area contributed by atoms with Gasteiger partial charge in [0.15, 0.2) is 0 Å². The lowest BCUT2D eigenvalue weighted by molar-refractivity contribution is 0.230. The van der Waals surface area contributed by atoms with Gasteiger partial charge < -0.3 is 10.6 Å². The number of nitrogens with one attached hydrogen (secondary N) is 2. The van der Waals surface area contributed by atoms with Gasteiger partial charge in [-0.2, -0.15) is 0 Å². The van der Waals surface area contributed by atoms with Gasteiger partial charge in [-0.1, -0.05) is 30.4 Å². The highest BCUT2D eigenvalue weighted by atomic mass is 32.2. The topological polar surface area (TPSA) is 78.5 Å². The lowest BCUT2D eigenvalue weighted by atomic mass is 9.92. The van der Waals surface area contributed by atoms with Crippen LogP contribution in [0, 0.1) is 0 Å². The number of amides is 2. The van der Waals surface area contributed by atoms with Crippen molar-refractivity contribution >= 4 is 21.6 Å². The molecule has 2 rings (SSSR count). The standard InChI is InChI=1S/C19H29N3O3S/c1-15(2)16-8-7-9-17(14-16)19(3,4)21-18(23)20-10-13-26(24,25)22-11-5-6-12-22/h7-9,14H,1,5-6,10-13H2,2-4H3,(H2,20,21,23). The summed E-state index contributed by atoms with van der Waals surface area (Å²) in [5, 5.41) is 5.56. The first-order valence-electron chi connectivity index (χ1n) is 8.92. The Morgan fingerprint density at radius 1 is 1.27 bits per heavy atom. The second-order valence-electron chi connectivity index (χ2n) is 7.29. The molecule has 0 aliphatic carbocycles. The van der Waals surface area contributed by atoms with E-state index in [4.69, 9.17) is 0 Å². The van der Waals surface area contributed by atoms with Crippen molar-refractivity contribution in [1.82, 2.24) is 14.9 Å². The smallest absolute Gasteiger partial charge is 0.315 e. The van der Waals surface area contributed by atoms with Gasteiger partial charge in [-0.05, 0) is 50.8 Å². The zero-order valence-electron chi connectivity index (χ0n) is 15.8. The Balaban J connectivity index is 1.90. The summed E-state index contributed by atoms with van der Waals surface area (Å²) in [6.07, 6.45) is 1.81. The minimum atomic E-state index is -3.29. The number of carbonyl (C=O) groups is 1. The summed E-state index contributed by atoms with van der Waals surface area (Å²) in [7, 11) is -3.29. The van der Waals surface area contributed by atoms with E-state index in [-0.39, 0.29) is 18.3 Å². The molecule has 0 spiro atoms. The molecule has 0 radical (unpaired) electrons. The summed E-state index contributed by atoms with van der Waals surface area (Å²) in [6, 6.07) is 7.48. The minimum Gasteiger partial charge on any atom is -0.337 e. The fourth-order valence-electron chi connectivity index (χ4n) is 2.96. The van der Waals surface area contributed by atoms with Crippen molar-refractivity contribution in [3.05, 3.63) is 42.0 Å². The zero-order valence-corrected chi connectivity index (χ0v) is 16.7. The SMILES string of the molecule is C=C(C)c1cccc(C(C)(C)NC(=O)NCCS(=O)(=O)N2CCCC2)c1. The van der Waals surface area contributed by atoms with Crippen LogP contribution in [0.1, 0.15) is 44.7 Å². The number of nitrogens with zero attached hydrogens (tertiary/aromatic N) is 1. The third-order valence-corrected chi connectivity index (χ3v) is 6.48. The molecule has 0 saturated carbocycles. The lowest BCUT2D eigenvalue weighted by Crippen LogP contribution is -2.48. The van der Waals surface area contributed by atoms with Crippen LogP contribution in [0.5, 0.6) is 0 Å². The van der Waals surface area contributed by atoms with E-state index < -0.39 is 15.6 Å². The summed E-state index contributed by atoms with van der Waals surface area (Å²) in [5.41, 5.74) is 2.34. The molecule has 144 valence electrons. The van der Waals surface area contributed by atoms with E-state index in [0.717, 1.165) is 29.5 Å². The number of allylic oxidation sites excluding steroid dienone is 1. The van der Waals surface area contributed by atoms with Gasteiger partial charge >= 0.3 is 6.03 Å². The molecule has 1 aromatic carbocycles. The number of urea groups is 1.